The van der Waals surface area contributed by atoms with E-state index < -0.39 is 17.6 Å². The van der Waals surface area contributed by atoms with Crippen molar-refractivity contribution >= 4 is 22.9 Å². The maximum absolute atomic E-state index is 13.8. The third kappa shape index (κ3) is 4.41. The van der Waals surface area contributed by atoms with Crippen molar-refractivity contribution in [1.82, 2.24) is 14.5 Å². The van der Waals surface area contributed by atoms with Gasteiger partial charge < -0.3 is 14.6 Å². The number of carboxylic acids is 1. The Bertz CT molecular complexity index is 1230. The number of halogens is 2. The lowest BCUT2D eigenvalue weighted by molar-refractivity contribution is -0.143. The van der Waals surface area contributed by atoms with Gasteiger partial charge in [0.2, 0.25) is 5.91 Å². The van der Waals surface area contributed by atoms with Crippen LogP contribution in [0.3, 0.4) is 0 Å². The second-order valence-electron chi connectivity index (χ2n) is 9.49. The van der Waals surface area contributed by atoms with Gasteiger partial charge in [0.05, 0.1) is 12.5 Å². The zero-order valence-corrected chi connectivity index (χ0v) is 18.8. The highest BCUT2D eigenvalue weighted by Crippen LogP contribution is 2.34. The quantitative estimate of drug-likeness (QED) is 0.598. The Kier molecular flexibility index (Phi) is 6.06. The van der Waals surface area contributed by atoms with Gasteiger partial charge in [0.15, 0.2) is 0 Å². The third-order valence-electron chi connectivity index (χ3n) is 7.29. The fourth-order valence-electron chi connectivity index (χ4n) is 5.52. The van der Waals surface area contributed by atoms with Gasteiger partial charge in [-0.15, -0.1) is 0 Å². The number of amides is 1. The first kappa shape index (κ1) is 22.5. The van der Waals surface area contributed by atoms with E-state index in [0.717, 1.165) is 41.2 Å². The van der Waals surface area contributed by atoms with Crippen molar-refractivity contribution in [3.8, 4) is 0 Å². The maximum atomic E-state index is 13.8. The van der Waals surface area contributed by atoms with Crippen molar-refractivity contribution in [2.24, 2.45) is 11.8 Å². The lowest BCUT2D eigenvalue weighted by atomic mass is 9.80. The van der Waals surface area contributed by atoms with E-state index >= 15 is 0 Å². The average Bonchev–Trinajstić information content (AvgIpc) is 3.12. The molecule has 34 heavy (non-hydrogen) atoms. The van der Waals surface area contributed by atoms with Crippen LogP contribution in [0.5, 0.6) is 0 Å². The van der Waals surface area contributed by atoms with Gasteiger partial charge in [-0.2, -0.15) is 0 Å². The topological polar surface area (TPSA) is 75.4 Å². The molecular weight excluding hydrogens is 440 g/mol. The highest BCUT2D eigenvalue weighted by molar-refractivity contribution is 5.84. The zero-order valence-electron chi connectivity index (χ0n) is 18.8. The Morgan fingerprint density at radius 2 is 1.82 bits per heavy atom. The minimum Gasteiger partial charge on any atom is -0.481 e. The number of pyridine rings is 1. The molecule has 0 saturated heterocycles. The van der Waals surface area contributed by atoms with Gasteiger partial charge in [0, 0.05) is 42.9 Å². The Labute approximate surface area is 196 Å². The van der Waals surface area contributed by atoms with E-state index in [1.807, 2.05) is 21.6 Å². The number of carboxylic acid groups (broad SMARTS) is 1. The normalized spacial score (nSPS) is 20.4. The van der Waals surface area contributed by atoms with E-state index in [2.05, 4.69) is 4.98 Å². The van der Waals surface area contributed by atoms with Crippen LogP contribution in [0.4, 0.5) is 8.78 Å². The molecule has 1 N–H and O–H groups in total. The molecule has 1 amide bonds. The minimum absolute atomic E-state index is 0.0750. The number of aromatic nitrogens is 2. The molecule has 2 aliphatic rings. The summed E-state index contributed by atoms with van der Waals surface area (Å²) in [6, 6.07) is 7.38. The van der Waals surface area contributed by atoms with Crippen LogP contribution < -0.4 is 0 Å². The van der Waals surface area contributed by atoms with E-state index in [0.29, 0.717) is 44.3 Å². The highest BCUT2D eigenvalue weighted by Gasteiger charge is 2.31. The van der Waals surface area contributed by atoms with Crippen molar-refractivity contribution in [3.05, 3.63) is 65.0 Å². The summed E-state index contributed by atoms with van der Waals surface area (Å²) in [5.41, 5.74) is 3.33. The van der Waals surface area contributed by atoms with E-state index in [9.17, 15) is 23.5 Å². The van der Waals surface area contributed by atoms with Crippen LogP contribution in [0, 0.1) is 23.5 Å². The predicted octanol–water partition coefficient (Wildman–Crippen LogP) is 4.53. The lowest BCUT2D eigenvalue weighted by Gasteiger charge is -2.31. The summed E-state index contributed by atoms with van der Waals surface area (Å²) in [5, 5.41) is 10.2. The lowest BCUT2D eigenvalue weighted by Crippen LogP contribution is -2.38. The van der Waals surface area contributed by atoms with Crippen molar-refractivity contribution in [2.75, 3.05) is 6.54 Å². The first-order chi connectivity index (χ1) is 16.4. The molecule has 1 aliphatic carbocycles. The Hall–Kier alpha value is -3.29. The summed E-state index contributed by atoms with van der Waals surface area (Å²) in [7, 11) is 0. The first-order valence-corrected chi connectivity index (χ1v) is 11.8. The number of hydrogen-bond donors (Lipinski definition) is 1. The molecule has 0 atom stereocenters. The molecule has 1 aromatic carbocycles. The number of aliphatic carboxylic acids is 1. The Morgan fingerprint density at radius 1 is 1.09 bits per heavy atom. The average molecular weight is 468 g/mol. The summed E-state index contributed by atoms with van der Waals surface area (Å²) < 4.78 is 29.6. The molecule has 3 heterocycles. The summed E-state index contributed by atoms with van der Waals surface area (Å²) in [4.78, 5) is 30.7. The molecule has 1 aliphatic heterocycles. The van der Waals surface area contributed by atoms with Gasteiger partial charge in [-0.05, 0) is 73.4 Å². The predicted molar refractivity (Wildman–Crippen MR) is 122 cm³/mol. The van der Waals surface area contributed by atoms with Gasteiger partial charge in [-0.3, -0.25) is 9.59 Å². The summed E-state index contributed by atoms with van der Waals surface area (Å²) >= 11 is 0. The van der Waals surface area contributed by atoms with Crippen molar-refractivity contribution in [1.29, 1.82) is 0 Å². The van der Waals surface area contributed by atoms with E-state index in [4.69, 9.17) is 0 Å². The summed E-state index contributed by atoms with van der Waals surface area (Å²) in [6.07, 6.45) is 5.60. The molecule has 0 spiro atoms. The minimum atomic E-state index is -0.743. The van der Waals surface area contributed by atoms with Crippen molar-refractivity contribution < 1.29 is 23.5 Å². The number of carbonyl (C=O) groups excluding carboxylic acids is 1. The third-order valence-corrected chi connectivity index (χ3v) is 7.29. The largest absolute Gasteiger partial charge is 0.481 e. The molecule has 8 heteroatoms. The Morgan fingerprint density at radius 3 is 2.53 bits per heavy atom. The fourth-order valence-corrected chi connectivity index (χ4v) is 5.52. The second kappa shape index (κ2) is 9.16. The molecular formula is C26H27F2N3O3. The van der Waals surface area contributed by atoms with Gasteiger partial charge in [-0.1, -0.05) is 0 Å². The van der Waals surface area contributed by atoms with Gasteiger partial charge in [-0.25, -0.2) is 13.8 Å². The number of nitrogens with zero attached hydrogens (tertiary/aromatic N) is 3. The van der Waals surface area contributed by atoms with Crippen LogP contribution in [-0.2, 0) is 29.1 Å². The van der Waals surface area contributed by atoms with Crippen LogP contribution in [0.2, 0.25) is 0 Å². The molecule has 1 fully saturated rings. The summed E-state index contributed by atoms with van der Waals surface area (Å²) in [5.74, 6) is -1.99. The molecule has 2 aromatic heterocycles. The molecule has 0 bridgehead atoms. The van der Waals surface area contributed by atoms with Crippen LogP contribution >= 0.6 is 0 Å². The van der Waals surface area contributed by atoms with Gasteiger partial charge in [0.25, 0.3) is 0 Å². The highest BCUT2D eigenvalue weighted by atomic mass is 19.1. The molecule has 1 saturated carbocycles. The van der Waals surface area contributed by atoms with E-state index in [1.165, 1.54) is 12.1 Å². The van der Waals surface area contributed by atoms with Crippen molar-refractivity contribution in [3.63, 3.8) is 0 Å². The van der Waals surface area contributed by atoms with E-state index in [1.54, 1.807) is 6.20 Å². The fraction of sp³-hybridized carbons (Fsp3) is 0.423. The monoisotopic (exact) mass is 467 g/mol. The molecule has 0 radical (unpaired) electrons. The smallest absolute Gasteiger partial charge is 0.306 e. The number of benzene rings is 1. The van der Waals surface area contributed by atoms with Crippen LogP contribution in [0.1, 0.15) is 48.9 Å². The molecule has 178 valence electrons. The van der Waals surface area contributed by atoms with Crippen LogP contribution in [-0.4, -0.2) is 38.0 Å². The van der Waals surface area contributed by atoms with Crippen LogP contribution in [0.25, 0.3) is 11.0 Å². The number of rotatable bonds is 5. The SMILES string of the molecule is O=C(O)C1CCC(CC(=O)N2CCc3c(n(Cc4cc(F)cc(F)c4)c4ncccc34)C2)CC1. The molecule has 3 aromatic rings. The van der Waals surface area contributed by atoms with Crippen molar-refractivity contribution in [2.45, 2.75) is 51.6 Å². The summed E-state index contributed by atoms with van der Waals surface area (Å²) in [6.45, 7) is 1.30. The van der Waals surface area contributed by atoms with E-state index in [-0.39, 0.29) is 24.3 Å². The van der Waals surface area contributed by atoms with Gasteiger partial charge in [0.1, 0.15) is 17.3 Å². The maximum Gasteiger partial charge on any atom is 0.306 e. The first-order valence-electron chi connectivity index (χ1n) is 11.8. The molecule has 6 nitrogen and oxygen atoms in total. The molecule has 5 rings (SSSR count). The molecule has 0 unspecified atom stereocenters. The van der Waals surface area contributed by atoms with Gasteiger partial charge >= 0.3 is 5.97 Å². The Balaban J connectivity index is 1.37. The standard InChI is InChI=1S/C26H27F2N3O3/c27-19-10-17(11-20(28)13-19)14-31-23-15-30(9-7-21(23)22-2-1-8-29-25(22)31)24(32)12-16-3-5-18(6-4-16)26(33)34/h1-2,8,10-11,13,16,18H,3-7,9,12,14-15H2,(H,33,34). The number of carbonyl (C=O) groups is 2. The number of fused-ring (bicyclic) bond motifs is 3. The zero-order chi connectivity index (χ0) is 23.8. The number of hydrogen-bond acceptors (Lipinski definition) is 3. The van der Waals surface area contributed by atoms with Crippen LogP contribution in [0.15, 0.2) is 36.5 Å². The second-order valence-corrected chi connectivity index (χ2v) is 9.49.